The number of hydrazone groups is 1. The molecule has 0 saturated carbocycles. The minimum atomic E-state index is -2.94. The Bertz CT molecular complexity index is 557. The number of nitrogens with zero attached hydrogens (tertiary/aromatic N) is 1. The van der Waals surface area contributed by atoms with Crippen LogP contribution < -0.4 is 14.9 Å². The van der Waals surface area contributed by atoms with Gasteiger partial charge in [-0.15, -0.1) is 0 Å². The largest absolute Gasteiger partial charge is 0.490 e. The number of ether oxygens (including phenoxy) is 3. The maximum Gasteiger partial charge on any atom is 0.428 e. The molecule has 6 nitrogen and oxygen atoms in total. The van der Waals surface area contributed by atoms with Gasteiger partial charge in [0, 0.05) is 0 Å². The Hall–Kier alpha value is -2.38. The molecule has 0 atom stereocenters. The lowest BCUT2D eigenvalue weighted by atomic mass is 10.2. The van der Waals surface area contributed by atoms with E-state index in [4.69, 9.17) is 9.47 Å². The third-order valence-electron chi connectivity index (χ3n) is 2.25. The molecule has 0 spiro atoms. The Morgan fingerprint density at radius 3 is 2.61 bits per heavy atom. The van der Waals surface area contributed by atoms with Crippen molar-refractivity contribution >= 4 is 12.3 Å². The number of nitrogens with one attached hydrogen (secondary N) is 1. The van der Waals surface area contributed by atoms with Crippen LogP contribution in [-0.2, 0) is 4.74 Å². The second-order valence-corrected chi connectivity index (χ2v) is 5.39. The molecule has 0 aliphatic carbocycles. The van der Waals surface area contributed by atoms with Gasteiger partial charge >= 0.3 is 12.7 Å². The highest BCUT2D eigenvalue weighted by Gasteiger charge is 2.15. The summed E-state index contributed by atoms with van der Waals surface area (Å²) in [6.45, 7) is 4.25. The highest BCUT2D eigenvalue weighted by atomic mass is 19.3. The zero-order valence-electron chi connectivity index (χ0n) is 13.4. The van der Waals surface area contributed by atoms with E-state index in [2.05, 4.69) is 15.3 Å². The molecule has 128 valence electrons. The lowest BCUT2D eigenvalue weighted by molar-refractivity contribution is -0.0514. The number of hydrogen-bond donors (Lipinski definition) is 1. The standard InChI is InChI=1S/C15H20F2N2O4/c1-5-21-12-8-10(6-7-11(12)22-13(16)17)9-18-19-14(20)23-15(2,3)4/h6-9,13H,5H2,1-4H3,(H,19,20)/b18-9-. The summed E-state index contributed by atoms with van der Waals surface area (Å²) in [6.07, 6.45) is 0.634. The minimum Gasteiger partial charge on any atom is -0.490 e. The van der Waals surface area contributed by atoms with E-state index in [0.29, 0.717) is 5.56 Å². The van der Waals surface area contributed by atoms with E-state index in [-0.39, 0.29) is 18.1 Å². The highest BCUT2D eigenvalue weighted by Crippen LogP contribution is 2.29. The summed E-state index contributed by atoms with van der Waals surface area (Å²) in [6, 6.07) is 4.31. The average molecular weight is 330 g/mol. The average Bonchev–Trinajstić information content (AvgIpc) is 2.39. The van der Waals surface area contributed by atoms with Crippen LogP contribution in [0.25, 0.3) is 0 Å². The van der Waals surface area contributed by atoms with Crippen molar-refractivity contribution in [3.05, 3.63) is 23.8 Å². The van der Waals surface area contributed by atoms with Crippen molar-refractivity contribution in [1.29, 1.82) is 0 Å². The third kappa shape index (κ3) is 7.44. The van der Waals surface area contributed by atoms with Gasteiger partial charge in [0.05, 0.1) is 12.8 Å². The fraction of sp³-hybridized carbons (Fsp3) is 0.467. The topological polar surface area (TPSA) is 69.2 Å². The molecule has 0 heterocycles. The van der Waals surface area contributed by atoms with Gasteiger partial charge in [-0.2, -0.15) is 13.9 Å². The number of halogens is 2. The summed E-state index contributed by atoms with van der Waals surface area (Å²) in [7, 11) is 0. The van der Waals surface area contributed by atoms with Gasteiger partial charge in [0.25, 0.3) is 0 Å². The summed E-state index contributed by atoms with van der Waals surface area (Å²) in [5.41, 5.74) is 2.11. The van der Waals surface area contributed by atoms with Gasteiger partial charge < -0.3 is 14.2 Å². The van der Waals surface area contributed by atoms with E-state index >= 15 is 0 Å². The fourth-order valence-corrected chi connectivity index (χ4v) is 1.53. The van der Waals surface area contributed by atoms with E-state index in [9.17, 15) is 13.6 Å². The monoisotopic (exact) mass is 330 g/mol. The number of rotatable bonds is 6. The van der Waals surface area contributed by atoms with Crippen LogP contribution in [-0.4, -0.2) is 31.1 Å². The van der Waals surface area contributed by atoms with Crippen LogP contribution in [0.1, 0.15) is 33.3 Å². The summed E-state index contributed by atoms with van der Waals surface area (Å²) in [4.78, 5) is 11.4. The van der Waals surface area contributed by atoms with Crippen LogP contribution in [0, 0.1) is 0 Å². The first-order valence-corrected chi connectivity index (χ1v) is 6.95. The van der Waals surface area contributed by atoms with Crippen LogP contribution in [0.5, 0.6) is 11.5 Å². The van der Waals surface area contributed by atoms with Crippen LogP contribution in [0.4, 0.5) is 13.6 Å². The summed E-state index contributed by atoms with van der Waals surface area (Å²) in [5, 5.41) is 3.72. The van der Waals surface area contributed by atoms with Crippen molar-refractivity contribution < 1.29 is 27.8 Å². The molecule has 1 aromatic rings. The lowest BCUT2D eigenvalue weighted by Crippen LogP contribution is -2.29. The number of amides is 1. The third-order valence-corrected chi connectivity index (χ3v) is 2.25. The maximum absolute atomic E-state index is 12.3. The molecule has 0 aliphatic heterocycles. The second kappa shape index (κ2) is 8.30. The smallest absolute Gasteiger partial charge is 0.428 e. The van der Waals surface area contributed by atoms with E-state index < -0.39 is 18.3 Å². The van der Waals surface area contributed by atoms with E-state index in [1.807, 2.05) is 0 Å². The molecule has 23 heavy (non-hydrogen) atoms. The Balaban J connectivity index is 2.75. The van der Waals surface area contributed by atoms with Crippen LogP contribution in [0.3, 0.4) is 0 Å². The van der Waals surface area contributed by atoms with E-state index in [1.54, 1.807) is 27.7 Å². The van der Waals surface area contributed by atoms with Crippen molar-refractivity contribution in [3.8, 4) is 11.5 Å². The van der Waals surface area contributed by atoms with Crippen LogP contribution in [0.2, 0.25) is 0 Å². The van der Waals surface area contributed by atoms with Crippen molar-refractivity contribution in [2.45, 2.75) is 39.9 Å². The molecule has 0 fully saturated rings. The van der Waals surface area contributed by atoms with Crippen molar-refractivity contribution in [2.24, 2.45) is 5.10 Å². The van der Waals surface area contributed by atoms with E-state index in [1.165, 1.54) is 24.4 Å². The summed E-state index contributed by atoms with van der Waals surface area (Å²) >= 11 is 0. The summed E-state index contributed by atoms with van der Waals surface area (Å²) in [5.74, 6) is 0.0909. The molecule has 0 bridgehead atoms. The zero-order valence-corrected chi connectivity index (χ0v) is 13.4. The van der Waals surface area contributed by atoms with Gasteiger partial charge in [0.15, 0.2) is 11.5 Å². The Labute approximate surface area is 133 Å². The van der Waals surface area contributed by atoms with Crippen molar-refractivity contribution in [2.75, 3.05) is 6.61 Å². The number of alkyl halides is 2. The molecule has 0 radical (unpaired) electrons. The van der Waals surface area contributed by atoms with Gasteiger partial charge in [-0.25, -0.2) is 10.2 Å². The van der Waals surface area contributed by atoms with Gasteiger partial charge in [-0.05, 0) is 51.5 Å². The number of carbonyl (C=O) groups excluding carboxylic acids is 1. The van der Waals surface area contributed by atoms with Gasteiger partial charge in [-0.3, -0.25) is 0 Å². The van der Waals surface area contributed by atoms with Gasteiger partial charge in [-0.1, -0.05) is 0 Å². The number of carbonyl (C=O) groups is 1. The highest BCUT2D eigenvalue weighted by molar-refractivity contribution is 5.82. The predicted molar refractivity (Wildman–Crippen MR) is 81.2 cm³/mol. The van der Waals surface area contributed by atoms with Crippen molar-refractivity contribution in [3.63, 3.8) is 0 Å². The fourth-order valence-electron chi connectivity index (χ4n) is 1.53. The Kier molecular flexibility index (Phi) is 6.74. The molecule has 0 unspecified atom stereocenters. The second-order valence-electron chi connectivity index (χ2n) is 5.39. The molecular weight excluding hydrogens is 310 g/mol. The molecule has 0 aromatic heterocycles. The molecule has 1 amide bonds. The number of hydrogen-bond acceptors (Lipinski definition) is 5. The Morgan fingerprint density at radius 2 is 2.04 bits per heavy atom. The first-order chi connectivity index (χ1) is 10.7. The summed E-state index contributed by atoms with van der Waals surface area (Å²) < 4.78 is 39.2. The minimum absolute atomic E-state index is 0.0703. The SMILES string of the molecule is CCOc1cc(/C=N\NC(=O)OC(C)(C)C)ccc1OC(F)F. The zero-order chi connectivity index (χ0) is 17.5. The van der Waals surface area contributed by atoms with Crippen LogP contribution >= 0.6 is 0 Å². The maximum atomic E-state index is 12.3. The van der Waals surface area contributed by atoms with E-state index in [0.717, 1.165) is 0 Å². The number of benzene rings is 1. The quantitative estimate of drug-likeness (QED) is 0.640. The molecule has 1 aromatic carbocycles. The predicted octanol–water partition coefficient (Wildman–Crippen LogP) is 3.55. The molecule has 1 N–H and O–H groups in total. The first kappa shape index (κ1) is 18.7. The molecule has 1 rings (SSSR count). The normalized spacial score (nSPS) is 11.6. The van der Waals surface area contributed by atoms with Crippen molar-refractivity contribution in [1.82, 2.24) is 5.43 Å². The lowest BCUT2D eigenvalue weighted by Gasteiger charge is -2.18. The Morgan fingerprint density at radius 1 is 1.35 bits per heavy atom. The first-order valence-electron chi connectivity index (χ1n) is 6.95. The molecule has 0 saturated heterocycles. The van der Waals surface area contributed by atoms with Crippen LogP contribution in [0.15, 0.2) is 23.3 Å². The van der Waals surface area contributed by atoms with Gasteiger partial charge in [0.2, 0.25) is 0 Å². The molecule has 8 heteroatoms. The molecule has 0 aliphatic rings. The van der Waals surface area contributed by atoms with Gasteiger partial charge in [0.1, 0.15) is 5.60 Å². The molecular formula is C15H20F2N2O4.